The number of ketones is 1. The lowest BCUT2D eigenvalue weighted by molar-refractivity contribution is 0.101. The van der Waals surface area contributed by atoms with Gasteiger partial charge in [0.2, 0.25) is 5.78 Å². The monoisotopic (exact) mass is 197 g/mol. The van der Waals surface area contributed by atoms with Crippen LogP contribution in [-0.2, 0) is 0 Å². The van der Waals surface area contributed by atoms with Crippen molar-refractivity contribution in [3.8, 4) is 0 Å². The highest BCUT2D eigenvalue weighted by Gasteiger charge is 2.13. The average Bonchev–Trinajstić information content (AvgIpc) is 2.04. The van der Waals surface area contributed by atoms with Gasteiger partial charge in [-0.1, -0.05) is 11.6 Å². The summed E-state index contributed by atoms with van der Waals surface area (Å²) >= 11 is 5.49. The van der Waals surface area contributed by atoms with Crippen LogP contribution in [0.5, 0.6) is 0 Å². The fourth-order valence-corrected chi connectivity index (χ4v) is 1.03. The van der Waals surface area contributed by atoms with Gasteiger partial charge in [-0.15, -0.1) is 0 Å². The van der Waals surface area contributed by atoms with E-state index in [4.69, 9.17) is 18.2 Å². The molecule has 0 unspecified atom stereocenters. The molecule has 0 saturated heterocycles. The normalized spacial score (nSPS) is 9.31. The van der Waals surface area contributed by atoms with Crippen LogP contribution in [0.4, 0.5) is 4.39 Å². The van der Waals surface area contributed by atoms with Crippen molar-refractivity contribution in [1.29, 1.82) is 0 Å². The standard InChI is InChI=1S/C9H5ClFNO/c1-12-5-9(13)7-3-2-6(10)4-8(7)11/h2-4H,5H2. The van der Waals surface area contributed by atoms with E-state index in [1.807, 2.05) is 0 Å². The first-order valence-corrected chi connectivity index (χ1v) is 3.84. The zero-order chi connectivity index (χ0) is 9.84. The molecule has 13 heavy (non-hydrogen) atoms. The Labute approximate surface area is 79.8 Å². The summed E-state index contributed by atoms with van der Waals surface area (Å²) in [6, 6.07) is 3.76. The molecule has 1 aromatic rings. The molecule has 0 saturated carbocycles. The van der Waals surface area contributed by atoms with Crippen molar-refractivity contribution in [2.24, 2.45) is 0 Å². The Hall–Kier alpha value is -1.40. The molecular weight excluding hydrogens is 193 g/mol. The number of benzene rings is 1. The van der Waals surface area contributed by atoms with E-state index >= 15 is 0 Å². The van der Waals surface area contributed by atoms with Gasteiger partial charge in [-0.3, -0.25) is 4.79 Å². The lowest BCUT2D eigenvalue weighted by Crippen LogP contribution is -2.04. The summed E-state index contributed by atoms with van der Waals surface area (Å²) in [6.45, 7) is 6.12. The second kappa shape index (κ2) is 4.01. The summed E-state index contributed by atoms with van der Waals surface area (Å²) in [5.41, 5.74) is -0.0830. The maximum Gasteiger partial charge on any atom is 0.276 e. The molecule has 0 aliphatic rings. The van der Waals surface area contributed by atoms with E-state index in [9.17, 15) is 9.18 Å². The molecule has 4 heteroatoms. The number of halogens is 2. The summed E-state index contributed by atoms with van der Waals surface area (Å²) in [6.07, 6.45) is 0. The highest BCUT2D eigenvalue weighted by molar-refractivity contribution is 6.30. The van der Waals surface area contributed by atoms with E-state index < -0.39 is 11.6 Å². The lowest BCUT2D eigenvalue weighted by Gasteiger charge is -1.97. The van der Waals surface area contributed by atoms with E-state index in [2.05, 4.69) is 4.85 Å². The van der Waals surface area contributed by atoms with Crippen LogP contribution in [0.3, 0.4) is 0 Å². The first kappa shape index (κ1) is 9.69. The maximum atomic E-state index is 13.0. The second-order valence-corrected chi connectivity index (χ2v) is 2.80. The van der Waals surface area contributed by atoms with Crippen molar-refractivity contribution >= 4 is 17.4 Å². The van der Waals surface area contributed by atoms with Crippen LogP contribution in [0.2, 0.25) is 5.02 Å². The van der Waals surface area contributed by atoms with Gasteiger partial charge < -0.3 is 4.85 Å². The largest absolute Gasteiger partial charge is 0.308 e. The quantitative estimate of drug-likeness (QED) is 0.528. The first-order valence-electron chi connectivity index (χ1n) is 3.46. The van der Waals surface area contributed by atoms with Crippen LogP contribution in [-0.4, -0.2) is 12.3 Å². The van der Waals surface area contributed by atoms with E-state index in [0.29, 0.717) is 0 Å². The highest BCUT2D eigenvalue weighted by Crippen LogP contribution is 2.14. The van der Waals surface area contributed by atoms with E-state index in [-0.39, 0.29) is 17.1 Å². The Kier molecular flexibility index (Phi) is 2.99. The Bertz CT molecular complexity index is 384. The molecule has 0 aromatic heterocycles. The van der Waals surface area contributed by atoms with Crippen LogP contribution in [0.15, 0.2) is 18.2 Å². The van der Waals surface area contributed by atoms with Gasteiger partial charge in [-0.2, -0.15) is 0 Å². The van der Waals surface area contributed by atoms with Crippen molar-refractivity contribution in [3.63, 3.8) is 0 Å². The van der Waals surface area contributed by atoms with Gasteiger partial charge in [0.05, 0.1) is 5.56 Å². The first-order chi connectivity index (χ1) is 6.15. The topological polar surface area (TPSA) is 21.4 Å². The van der Waals surface area contributed by atoms with E-state index in [0.717, 1.165) is 6.07 Å². The van der Waals surface area contributed by atoms with Crippen LogP contribution < -0.4 is 0 Å². The molecule has 1 aromatic carbocycles. The van der Waals surface area contributed by atoms with E-state index in [1.165, 1.54) is 12.1 Å². The van der Waals surface area contributed by atoms with Gasteiger partial charge in [0.1, 0.15) is 5.82 Å². The van der Waals surface area contributed by atoms with Crippen molar-refractivity contribution in [2.45, 2.75) is 0 Å². The molecule has 0 radical (unpaired) electrons. The molecule has 0 aliphatic carbocycles. The van der Waals surface area contributed by atoms with Crippen molar-refractivity contribution in [1.82, 2.24) is 0 Å². The van der Waals surface area contributed by atoms with Crippen molar-refractivity contribution in [3.05, 3.63) is 46.0 Å². The number of Topliss-reactive ketones (excluding diaryl/α,β-unsaturated/α-hetero) is 1. The minimum absolute atomic E-state index is 0.0830. The Balaban J connectivity index is 3.03. The molecule has 0 bridgehead atoms. The number of rotatable bonds is 2. The number of carbonyl (C=O) groups excluding carboxylic acids is 1. The molecule has 66 valence electrons. The van der Waals surface area contributed by atoms with Crippen LogP contribution in [0.1, 0.15) is 10.4 Å². The van der Waals surface area contributed by atoms with Gasteiger partial charge in [-0.25, -0.2) is 11.0 Å². The molecule has 0 fully saturated rings. The van der Waals surface area contributed by atoms with Crippen molar-refractivity contribution < 1.29 is 9.18 Å². The van der Waals surface area contributed by atoms with Crippen LogP contribution in [0, 0.1) is 12.4 Å². The summed E-state index contributed by atoms with van der Waals surface area (Å²) in [5.74, 6) is -1.20. The minimum Gasteiger partial charge on any atom is -0.308 e. The highest BCUT2D eigenvalue weighted by atomic mass is 35.5. The van der Waals surface area contributed by atoms with Gasteiger partial charge in [-0.05, 0) is 18.2 Å². The zero-order valence-electron chi connectivity index (χ0n) is 6.55. The SMILES string of the molecule is [C-]#[N+]CC(=O)c1ccc(Cl)cc1F. The third kappa shape index (κ3) is 2.27. The minimum atomic E-state index is -0.679. The number of nitrogens with zero attached hydrogens (tertiary/aromatic N) is 1. The number of carbonyl (C=O) groups is 1. The van der Waals surface area contributed by atoms with Crippen molar-refractivity contribution in [2.75, 3.05) is 6.54 Å². The average molecular weight is 198 g/mol. The zero-order valence-corrected chi connectivity index (χ0v) is 7.31. The van der Waals surface area contributed by atoms with Gasteiger partial charge in [0.15, 0.2) is 0 Å². The summed E-state index contributed by atoms with van der Waals surface area (Å²) in [5, 5.41) is 0.233. The summed E-state index contributed by atoms with van der Waals surface area (Å²) in [7, 11) is 0. The number of hydrogen-bond donors (Lipinski definition) is 0. The molecule has 0 aliphatic heterocycles. The van der Waals surface area contributed by atoms with Gasteiger partial charge in [0, 0.05) is 5.02 Å². The molecule has 0 spiro atoms. The fourth-order valence-electron chi connectivity index (χ4n) is 0.873. The van der Waals surface area contributed by atoms with Crippen LogP contribution >= 0.6 is 11.6 Å². The van der Waals surface area contributed by atoms with E-state index in [1.54, 1.807) is 0 Å². The molecule has 2 nitrogen and oxygen atoms in total. The second-order valence-electron chi connectivity index (χ2n) is 2.36. The molecule has 0 heterocycles. The molecule has 1 rings (SSSR count). The predicted octanol–water partition coefficient (Wildman–Crippen LogP) is 2.58. The molecular formula is C9H5ClFNO. The lowest BCUT2D eigenvalue weighted by atomic mass is 10.1. The van der Waals surface area contributed by atoms with Crippen LogP contribution in [0.25, 0.3) is 4.85 Å². The Morgan fingerprint density at radius 3 is 2.85 bits per heavy atom. The summed E-state index contributed by atoms with van der Waals surface area (Å²) in [4.78, 5) is 14.0. The Morgan fingerprint density at radius 2 is 2.31 bits per heavy atom. The maximum absolute atomic E-state index is 13.0. The number of hydrogen-bond acceptors (Lipinski definition) is 1. The predicted molar refractivity (Wildman–Crippen MR) is 47.2 cm³/mol. The van der Waals surface area contributed by atoms with Gasteiger partial charge >= 0.3 is 0 Å². The smallest absolute Gasteiger partial charge is 0.276 e. The molecule has 0 N–H and O–H groups in total. The third-order valence-corrected chi connectivity index (χ3v) is 1.69. The third-order valence-electron chi connectivity index (χ3n) is 1.45. The summed E-state index contributed by atoms with van der Waals surface area (Å²) < 4.78 is 13.0. The Morgan fingerprint density at radius 1 is 1.62 bits per heavy atom. The molecule has 0 atom stereocenters. The van der Waals surface area contributed by atoms with Gasteiger partial charge in [0.25, 0.3) is 6.54 Å². The fraction of sp³-hybridized carbons (Fsp3) is 0.111. The molecule has 0 amide bonds.